The van der Waals surface area contributed by atoms with E-state index in [-0.39, 0.29) is 36.4 Å². The minimum absolute atomic E-state index is 0.113. The minimum atomic E-state index is -0.377. The lowest BCUT2D eigenvalue weighted by molar-refractivity contribution is -0.140. The number of methoxy groups -OCH3 is 1. The molecule has 1 aliphatic rings. The standard InChI is InChI=1S/C25H46O6/c1-3-4-5-8-11-15-30-17-18-31-16-14-22-21(20-26)19-24(27)23(22)12-9-6-7-10-13-25(28)29-2/h6,9,21-24,26-27H,3-5,7-8,10-20H2,1-2H3/b9-6-/t21-,22-,23+,24-/m0/s1. The molecular formula is C25H46O6. The summed E-state index contributed by atoms with van der Waals surface area (Å²) in [5, 5.41) is 20.2. The molecule has 0 unspecified atom stereocenters. The highest BCUT2D eigenvalue weighted by molar-refractivity contribution is 5.69. The summed E-state index contributed by atoms with van der Waals surface area (Å²) in [6.45, 7) is 5.00. The third kappa shape index (κ3) is 12.6. The molecule has 31 heavy (non-hydrogen) atoms. The van der Waals surface area contributed by atoms with Crippen LogP contribution in [-0.2, 0) is 19.0 Å². The van der Waals surface area contributed by atoms with Crippen LogP contribution >= 0.6 is 0 Å². The molecule has 1 aliphatic carbocycles. The number of unbranched alkanes of at least 4 members (excludes halogenated alkanes) is 5. The highest BCUT2D eigenvalue weighted by Crippen LogP contribution is 2.41. The van der Waals surface area contributed by atoms with Crippen molar-refractivity contribution in [3.8, 4) is 0 Å². The second-order valence-electron chi connectivity index (χ2n) is 8.68. The number of carbonyl (C=O) groups excluding carboxylic acids is 1. The average Bonchev–Trinajstić information content (AvgIpc) is 3.08. The van der Waals surface area contributed by atoms with Crippen LogP contribution in [-0.4, -0.2) is 62.4 Å². The molecule has 1 saturated carbocycles. The summed E-state index contributed by atoms with van der Waals surface area (Å²) >= 11 is 0. The van der Waals surface area contributed by atoms with Gasteiger partial charge < -0.3 is 24.4 Å². The molecule has 1 rings (SSSR count). The first-order chi connectivity index (χ1) is 15.1. The smallest absolute Gasteiger partial charge is 0.305 e. The summed E-state index contributed by atoms with van der Waals surface area (Å²) < 4.78 is 16.0. The van der Waals surface area contributed by atoms with Gasteiger partial charge in [0.1, 0.15) is 0 Å². The lowest BCUT2D eigenvalue weighted by Crippen LogP contribution is -2.23. The number of aliphatic hydroxyl groups excluding tert-OH is 2. The molecule has 6 nitrogen and oxygen atoms in total. The number of rotatable bonds is 19. The molecule has 4 atom stereocenters. The third-order valence-corrected chi connectivity index (χ3v) is 6.34. The van der Waals surface area contributed by atoms with Gasteiger partial charge in [-0.2, -0.15) is 0 Å². The number of esters is 1. The van der Waals surface area contributed by atoms with E-state index in [2.05, 4.69) is 23.8 Å². The van der Waals surface area contributed by atoms with E-state index in [1.54, 1.807) is 0 Å². The average molecular weight is 443 g/mol. The molecule has 0 radical (unpaired) electrons. The van der Waals surface area contributed by atoms with E-state index >= 15 is 0 Å². The van der Waals surface area contributed by atoms with E-state index in [1.807, 2.05) is 0 Å². The molecule has 2 N–H and O–H groups in total. The van der Waals surface area contributed by atoms with Gasteiger partial charge in [-0.15, -0.1) is 0 Å². The zero-order valence-corrected chi connectivity index (χ0v) is 19.8. The quantitative estimate of drug-likeness (QED) is 0.176. The van der Waals surface area contributed by atoms with Gasteiger partial charge in [-0.05, 0) is 56.3 Å². The van der Waals surface area contributed by atoms with Crippen LogP contribution in [0.3, 0.4) is 0 Å². The molecule has 0 amide bonds. The van der Waals surface area contributed by atoms with Crippen molar-refractivity contribution in [2.45, 2.75) is 83.7 Å². The van der Waals surface area contributed by atoms with E-state index in [0.29, 0.717) is 32.7 Å². The fraction of sp³-hybridized carbons (Fsp3) is 0.880. The summed E-state index contributed by atoms with van der Waals surface area (Å²) in [5.74, 6) is 0.370. The molecule has 0 saturated heterocycles. The van der Waals surface area contributed by atoms with Crippen LogP contribution in [0.25, 0.3) is 0 Å². The van der Waals surface area contributed by atoms with Crippen molar-refractivity contribution in [1.29, 1.82) is 0 Å². The first kappa shape index (κ1) is 28.1. The summed E-state index contributed by atoms with van der Waals surface area (Å²) in [7, 11) is 1.41. The third-order valence-electron chi connectivity index (χ3n) is 6.34. The summed E-state index contributed by atoms with van der Waals surface area (Å²) in [4.78, 5) is 11.1. The Morgan fingerprint density at radius 1 is 0.968 bits per heavy atom. The fourth-order valence-electron chi connectivity index (χ4n) is 4.47. The van der Waals surface area contributed by atoms with Crippen molar-refractivity contribution < 1.29 is 29.2 Å². The zero-order chi connectivity index (χ0) is 22.7. The van der Waals surface area contributed by atoms with Gasteiger partial charge in [-0.1, -0.05) is 44.8 Å². The molecule has 0 spiro atoms. The second kappa shape index (κ2) is 18.6. The SMILES string of the molecule is CCCCCCCOCCOCC[C@H]1[C@H](CO)C[C@H](O)[C@@H]1C/C=C\CCCC(=O)OC. The van der Waals surface area contributed by atoms with Crippen molar-refractivity contribution in [3.63, 3.8) is 0 Å². The number of allylic oxidation sites excluding steroid dienone is 2. The Hall–Kier alpha value is -0.950. The number of ether oxygens (including phenoxy) is 3. The first-order valence-electron chi connectivity index (χ1n) is 12.3. The Kier molecular flexibility index (Phi) is 16.9. The molecular weight excluding hydrogens is 396 g/mol. The predicted octanol–water partition coefficient (Wildman–Crippen LogP) is 4.28. The first-order valence-corrected chi connectivity index (χ1v) is 12.3. The van der Waals surface area contributed by atoms with Crippen LogP contribution in [0.2, 0.25) is 0 Å². The van der Waals surface area contributed by atoms with E-state index in [9.17, 15) is 15.0 Å². The zero-order valence-electron chi connectivity index (χ0n) is 19.8. The van der Waals surface area contributed by atoms with Gasteiger partial charge in [0, 0.05) is 26.2 Å². The van der Waals surface area contributed by atoms with Crippen molar-refractivity contribution >= 4 is 5.97 Å². The minimum Gasteiger partial charge on any atom is -0.469 e. The van der Waals surface area contributed by atoms with Gasteiger partial charge >= 0.3 is 5.97 Å². The Labute approximate surface area is 189 Å². The largest absolute Gasteiger partial charge is 0.469 e. The van der Waals surface area contributed by atoms with Crippen LogP contribution in [0.5, 0.6) is 0 Å². The van der Waals surface area contributed by atoms with E-state index in [1.165, 1.54) is 32.8 Å². The van der Waals surface area contributed by atoms with E-state index < -0.39 is 0 Å². The van der Waals surface area contributed by atoms with E-state index in [0.717, 1.165) is 38.7 Å². The van der Waals surface area contributed by atoms with Gasteiger partial charge in [0.05, 0.1) is 26.4 Å². The van der Waals surface area contributed by atoms with Crippen LogP contribution < -0.4 is 0 Å². The van der Waals surface area contributed by atoms with Crippen LogP contribution in [0.4, 0.5) is 0 Å². The highest BCUT2D eigenvalue weighted by Gasteiger charge is 2.40. The Morgan fingerprint density at radius 2 is 1.71 bits per heavy atom. The molecule has 0 heterocycles. The summed E-state index contributed by atoms with van der Waals surface area (Å²) in [6.07, 6.45) is 14.4. The highest BCUT2D eigenvalue weighted by atomic mass is 16.5. The van der Waals surface area contributed by atoms with Gasteiger partial charge in [0.2, 0.25) is 0 Å². The van der Waals surface area contributed by atoms with Crippen LogP contribution in [0.1, 0.15) is 77.6 Å². The topological polar surface area (TPSA) is 85.2 Å². The Balaban J connectivity index is 2.20. The summed E-state index contributed by atoms with van der Waals surface area (Å²) in [5.41, 5.74) is 0. The van der Waals surface area contributed by atoms with E-state index in [4.69, 9.17) is 9.47 Å². The van der Waals surface area contributed by atoms with Gasteiger partial charge in [-0.3, -0.25) is 4.79 Å². The lowest BCUT2D eigenvalue weighted by Gasteiger charge is -2.24. The van der Waals surface area contributed by atoms with Gasteiger partial charge in [0.25, 0.3) is 0 Å². The molecule has 6 heteroatoms. The number of aliphatic hydroxyl groups is 2. The molecule has 1 fully saturated rings. The number of hydrogen-bond donors (Lipinski definition) is 2. The van der Waals surface area contributed by atoms with Crippen molar-refractivity contribution in [2.75, 3.05) is 40.1 Å². The van der Waals surface area contributed by atoms with Gasteiger partial charge in [-0.25, -0.2) is 0 Å². The van der Waals surface area contributed by atoms with Crippen LogP contribution in [0, 0.1) is 17.8 Å². The Morgan fingerprint density at radius 3 is 2.42 bits per heavy atom. The maximum Gasteiger partial charge on any atom is 0.305 e. The molecule has 0 aromatic rings. The lowest BCUT2D eigenvalue weighted by atomic mass is 9.84. The van der Waals surface area contributed by atoms with Crippen LogP contribution in [0.15, 0.2) is 12.2 Å². The monoisotopic (exact) mass is 442 g/mol. The van der Waals surface area contributed by atoms with Crippen molar-refractivity contribution in [1.82, 2.24) is 0 Å². The van der Waals surface area contributed by atoms with Crippen molar-refractivity contribution in [3.05, 3.63) is 12.2 Å². The fourth-order valence-corrected chi connectivity index (χ4v) is 4.47. The number of hydrogen-bond acceptors (Lipinski definition) is 6. The van der Waals surface area contributed by atoms with Gasteiger partial charge in [0.15, 0.2) is 0 Å². The maximum atomic E-state index is 11.1. The number of carbonyl (C=O) groups is 1. The summed E-state index contributed by atoms with van der Waals surface area (Å²) in [6, 6.07) is 0. The molecule has 0 aromatic carbocycles. The Bertz CT molecular complexity index is 467. The molecule has 0 aliphatic heterocycles. The second-order valence-corrected chi connectivity index (χ2v) is 8.68. The molecule has 0 bridgehead atoms. The molecule has 0 aromatic heterocycles. The normalized spacial score (nSPS) is 23.6. The van der Waals surface area contributed by atoms with Crippen molar-refractivity contribution in [2.24, 2.45) is 17.8 Å². The molecule has 182 valence electrons. The predicted molar refractivity (Wildman–Crippen MR) is 123 cm³/mol. The maximum absolute atomic E-state index is 11.1.